The molecular weight excluding hydrogens is 398 g/mol. The summed E-state index contributed by atoms with van der Waals surface area (Å²) in [5.74, 6) is 5.50. The molecule has 31 heavy (non-hydrogen) atoms. The van der Waals surface area contributed by atoms with Crippen molar-refractivity contribution in [1.82, 2.24) is 14.9 Å². The Kier molecular flexibility index (Phi) is 5.59. The van der Waals surface area contributed by atoms with Crippen LogP contribution < -0.4 is 10.6 Å². The lowest BCUT2D eigenvalue weighted by molar-refractivity contribution is -0.137. The first-order chi connectivity index (χ1) is 14.9. The Morgan fingerprint density at radius 3 is 2.68 bits per heavy atom. The van der Waals surface area contributed by atoms with Gasteiger partial charge in [-0.3, -0.25) is 9.59 Å². The van der Waals surface area contributed by atoms with E-state index in [9.17, 15) is 14.7 Å². The maximum Gasteiger partial charge on any atom is 0.267 e. The number of amides is 2. The number of hydrogen-bond donors (Lipinski definition) is 2. The van der Waals surface area contributed by atoms with E-state index in [1.807, 2.05) is 4.90 Å². The Hall–Kier alpha value is -3.48. The molecule has 2 saturated heterocycles. The summed E-state index contributed by atoms with van der Waals surface area (Å²) >= 11 is 0. The number of nitrogens with two attached hydrogens (primary N) is 1. The van der Waals surface area contributed by atoms with Crippen molar-refractivity contribution >= 4 is 17.6 Å². The van der Waals surface area contributed by atoms with Gasteiger partial charge < -0.3 is 25.4 Å². The largest absolute Gasteiger partial charge is 0.378 e. The van der Waals surface area contributed by atoms with Gasteiger partial charge in [0.15, 0.2) is 5.82 Å². The van der Waals surface area contributed by atoms with Crippen molar-refractivity contribution in [3.05, 3.63) is 41.6 Å². The van der Waals surface area contributed by atoms with Gasteiger partial charge in [0.25, 0.3) is 11.8 Å². The molecule has 160 valence electrons. The molecule has 0 spiro atoms. The van der Waals surface area contributed by atoms with Gasteiger partial charge >= 0.3 is 0 Å². The first-order valence-electron chi connectivity index (χ1n) is 9.99. The van der Waals surface area contributed by atoms with Crippen LogP contribution in [0.3, 0.4) is 0 Å². The molecule has 0 bridgehead atoms. The highest BCUT2D eigenvalue weighted by Crippen LogP contribution is 2.23. The van der Waals surface area contributed by atoms with Gasteiger partial charge in [-0.25, -0.2) is 9.97 Å². The molecule has 0 radical (unpaired) electrons. The van der Waals surface area contributed by atoms with Gasteiger partial charge in [0.2, 0.25) is 5.60 Å². The second kappa shape index (κ2) is 8.34. The van der Waals surface area contributed by atoms with Crippen molar-refractivity contribution in [3.63, 3.8) is 0 Å². The number of carbonyl (C=O) groups excluding carboxylic acids is 2. The molecule has 2 aromatic rings. The summed E-state index contributed by atoms with van der Waals surface area (Å²) in [5, 5.41) is 10.5. The number of anilines is 1. The molecule has 1 unspecified atom stereocenters. The van der Waals surface area contributed by atoms with E-state index in [0.29, 0.717) is 55.6 Å². The molecule has 1 atom stereocenters. The summed E-state index contributed by atoms with van der Waals surface area (Å²) in [4.78, 5) is 36.4. The van der Waals surface area contributed by atoms with Crippen LogP contribution in [0.5, 0.6) is 0 Å². The first kappa shape index (κ1) is 20.8. The van der Waals surface area contributed by atoms with E-state index in [0.717, 1.165) is 0 Å². The number of benzene rings is 1. The van der Waals surface area contributed by atoms with Crippen molar-refractivity contribution in [1.29, 1.82) is 0 Å². The predicted molar refractivity (Wildman–Crippen MR) is 113 cm³/mol. The van der Waals surface area contributed by atoms with Gasteiger partial charge in [0, 0.05) is 50.3 Å². The van der Waals surface area contributed by atoms with E-state index in [2.05, 4.69) is 21.8 Å². The van der Waals surface area contributed by atoms with Gasteiger partial charge in [0.1, 0.15) is 11.5 Å². The molecule has 0 saturated carbocycles. The summed E-state index contributed by atoms with van der Waals surface area (Å²) in [6.07, 6.45) is 0.266. The first-order valence-corrected chi connectivity index (χ1v) is 9.99. The van der Waals surface area contributed by atoms with Crippen LogP contribution in [0, 0.1) is 11.8 Å². The van der Waals surface area contributed by atoms with E-state index in [4.69, 9.17) is 10.5 Å². The molecule has 2 fully saturated rings. The quantitative estimate of drug-likeness (QED) is 0.670. The Labute approximate surface area is 179 Å². The molecular formula is C22H23N5O4. The monoisotopic (exact) mass is 421 g/mol. The number of morpholine rings is 1. The fourth-order valence-corrected chi connectivity index (χ4v) is 3.53. The highest BCUT2D eigenvalue weighted by Gasteiger charge is 2.42. The summed E-state index contributed by atoms with van der Waals surface area (Å²) < 4.78 is 5.38. The third-order valence-corrected chi connectivity index (χ3v) is 5.34. The molecule has 9 nitrogen and oxygen atoms in total. The second-order valence-corrected chi connectivity index (χ2v) is 7.57. The van der Waals surface area contributed by atoms with E-state index in [1.165, 1.54) is 4.90 Å². The molecule has 3 N–H and O–H groups in total. The average Bonchev–Trinajstić information content (AvgIpc) is 3.06. The fourth-order valence-electron chi connectivity index (χ4n) is 3.53. The molecule has 1 aromatic carbocycles. The zero-order valence-corrected chi connectivity index (χ0v) is 17.2. The number of likely N-dealkylation sites (N-methyl/N-ethyl adjacent to an activating group) is 1. The number of likely N-dealkylation sites (tertiary alicyclic amines) is 1. The number of aromatic nitrogens is 2. The van der Waals surface area contributed by atoms with Crippen molar-refractivity contribution in [3.8, 4) is 23.2 Å². The summed E-state index contributed by atoms with van der Waals surface area (Å²) in [5.41, 5.74) is 5.18. The van der Waals surface area contributed by atoms with Gasteiger partial charge in [-0.1, -0.05) is 24.0 Å². The normalized spacial score (nSPS) is 21.0. The zero-order valence-electron chi connectivity index (χ0n) is 17.2. The molecule has 2 aliphatic heterocycles. The molecule has 3 heterocycles. The smallest absolute Gasteiger partial charge is 0.267 e. The van der Waals surface area contributed by atoms with E-state index in [-0.39, 0.29) is 12.1 Å². The Morgan fingerprint density at radius 2 is 2.00 bits per heavy atom. The van der Waals surface area contributed by atoms with Crippen LogP contribution in [0.4, 0.5) is 5.82 Å². The van der Waals surface area contributed by atoms with Crippen LogP contribution in [0.25, 0.3) is 11.4 Å². The third kappa shape index (κ3) is 4.35. The SMILES string of the molecule is CN1CCC(O)(C#Cc2cccc(-c3nc(C(N)=O)cc(N4CCOCC4)n3)c2)C1=O. The lowest BCUT2D eigenvalue weighted by Gasteiger charge is -2.28. The number of primary amides is 1. The highest BCUT2D eigenvalue weighted by molar-refractivity contribution is 5.92. The minimum atomic E-state index is -1.67. The number of carbonyl (C=O) groups is 2. The average molecular weight is 421 g/mol. The number of aliphatic hydroxyl groups is 1. The highest BCUT2D eigenvalue weighted by atomic mass is 16.5. The second-order valence-electron chi connectivity index (χ2n) is 7.57. The number of rotatable bonds is 3. The molecule has 4 rings (SSSR count). The van der Waals surface area contributed by atoms with E-state index in [1.54, 1.807) is 37.4 Å². The van der Waals surface area contributed by atoms with Gasteiger partial charge in [-0.05, 0) is 12.1 Å². The molecule has 0 aliphatic carbocycles. The van der Waals surface area contributed by atoms with Crippen LogP contribution in [-0.2, 0) is 9.53 Å². The zero-order chi connectivity index (χ0) is 22.0. The molecule has 2 amide bonds. The third-order valence-electron chi connectivity index (χ3n) is 5.34. The van der Waals surface area contributed by atoms with Crippen molar-refractivity contribution < 1.29 is 19.4 Å². The van der Waals surface area contributed by atoms with E-state index >= 15 is 0 Å². The van der Waals surface area contributed by atoms with Crippen molar-refractivity contribution in [2.75, 3.05) is 44.8 Å². The van der Waals surface area contributed by atoms with Crippen molar-refractivity contribution in [2.24, 2.45) is 5.73 Å². The van der Waals surface area contributed by atoms with Crippen LogP contribution in [0.15, 0.2) is 30.3 Å². The predicted octanol–water partition coefficient (Wildman–Crippen LogP) is 0.0238. The standard InChI is InChI=1S/C22H23N5O4/c1-26-8-7-22(30,21(26)29)6-5-15-3-2-4-16(13-15)20-24-17(19(23)28)14-18(25-20)27-9-11-31-12-10-27/h2-4,13-14,30H,7-12H2,1H3,(H2,23,28). The van der Waals surface area contributed by atoms with Crippen LogP contribution in [-0.4, -0.2) is 77.3 Å². The summed E-state index contributed by atoms with van der Waals surface area (Å²) in [6.45, 7) is 2.92. The van der Waals surface area contributed by atoms with Crippen molar-refractivity contribution in [2.45, 2.75) is 12.0 Å². The Balaban J connectivity index is 1.67. The maximum absolute atomic E-state index is 12.1. The van der Waals surface area contributed by atoms with Gasteiger partial charge in [-0.2, -0.15) is 0 Å². The minimum Gasteiger partial charge on any atom is -0.378 e. The van der Waals surface area contributed by atoms with Crippen LogP contribution in [0.2, 0.25) is 0 Å². The maximum atomic E-state index is 12.1. The Bertz CT molecular complexity index is 1090. The fraction of sp³-hybridized carbons (Fsp3) is 0.364. The topological polar surface area (TPSA) is 122 Å². The molecule has 9 heteroatoms. The van der Waals surface area contributed by atoms with Gasteiger partial charge in [0.05, 0.1) is 13.2 Å². The Morgan fingerprint density at radius 1 is 1.23 bits per heavy atom. The van der Waals surface area contributed by atoms with Crippen LogP contribution in [0.1, 0.15) is 22.5 Å². The molecule has 1 aromatic heterocycles. The molecule has 2 aliphatic rings. The minimum absolute atomic E-state index is 0.122. The van der Waals surface area contributed by atoms with E-state index < -0.39 is 17.4 Å². The summed E-state index contributed by atoms with van der Waals surface area (Å²) in [7, 11) is 1.64. The van der Waals surface area contributed by atoms with Gasteiger partial charge in [-0.15, -0.1) is 0 Å². The number of nitrogens with zero attached hydrogens (tertiary/aromatic N) is 4. The number of ether oxygens (including phenoxy) is 1. The lowest BCUT2D eigenvalue weighted by atomic mass is 10.0. The van der Waals surface area contributed by atoms with Crippen LogP contribution >= 0.6 is 0 Å². The summed E-state index contributed by atoms with van der Waals surface area (Å²) in [6, 6.07) is 8.68. The lowest BCUT2D eigenvalue weighted by Crippen LogP contribution is -2.37. The number of hydrogen-bond acceptors (Lipinski definition) is 7.